The summed E-state index contributed by atoms with van der Waals surface area (Å²) in [4.78, 5) is 2.58. The number of benzene rings is 2. The smallest absolute Gasteiger partial charge is 0.162 e. The van der Waals surface area contributed by atoms with Crippen molar-refractivity contribution in [2.45, 2.75) is 44.0 Å². The monoisotopic (exact) mass is 351 g/mol. The molecule has 0 aliphatic carbocycles. The number of fused-ring (bicyclic) bond motifs is 2. The summed E-state index contributed by atoms with van der Waals surface area (Å²) in [5.41, 5.74) is 3.98. The van der Waals surface area contributed by atoms with Crippen molar-refractivity contribution in [2.75, 3.05) is 26.7 Å². The zero-order valence-corrected chi connectivity index (χ0v) is 15.7. The van der Waals surface area contributed by atoms with Gasteiger partial charge in [0.1, 0.15) is 5.60 Å². The highest BCUT2D eigenvalue weighted by atomic mass is 16.7. The van der Waals surface area contributed by atoms with Crippen LogP contribution in [0, 0.1) is 0 Å². The lowest BCUT2D eigenvalue weighted by atomic mass is 9.80. The standard InChI is InChI=1S/C23H29NO2/c1-25-22-17-20-12-5-6-13-21(20)23(26-22)14-8-16-24(18-23)15-7-11-19-9-3-2-4-10-19/h2-6,9-10,12-13,22H,7-8,11,14-18H2,1H3. The molecule has 3 nitrogen and oxygen atoms in total. The summed E-state index contributed by atoms with van der Waals surface area (Å²) in [6, 6.07) is 19.6. The van der Waals surface area contributed by atoms with Crippen LogP contribution in [-0.4, -0.2) is 37.9 Å². The third kappa shape index (κ3) is 3.71. The molecule has 0 aromatic heterocycles. The van der Waals surface area contributed by atoms with E-state index in [4.69, 9.17) is 9.47 Å². The Kier molecular flexibility index (Phi) is 5.39. The number of ether oxygens (including phenoxy) is 2. The predicted octanol–water partition coefficient (Wildman–Crippen LogP) is 4.16. The van der Waals surface area contributed by atoms with E-state index in [-0.39, 0.29) is 11.9 Å². The molecule has 2 aliphatic rings. The topological polar surface area (TPSA) is 21.7 Å². The minimum atomic E-state index is -0.208. The second-order valence-electron chi connectivity index (χ2n) is 7.61. The molecule has 0 bridgehead atoms. The Hall–Kier alpha value is -1.68. The zero-order chi connectivity index (χ0) is 17.8. The Morgan fingerprint density at radius 2 is 1.92 bits per heavy atom. The molecule has 0 radical (unpaired) electrons. The van der Waals surface area contributed by atoms with Crippen LogP contribution in [0.5, 0.6) is 0 Å². The molecule has 1 spiro atoms. The second kappa shape index (κ2) is 7.91. The van der Waals surface area contributed by atoms with Crippen molar-refractivity contribution in [3.63, 3.8) is 0 Å². The van der Waals surface area contributed by atoms with Crippen LogP contribution < -0.4 is 0 Å². The minimum Gasteiger partial charge on any atom is -0.355 e. The van der Waals surface area contributed by atoms with Gasteiger partial charge in [0.15, 0.2) is 6.29 Å². The summed E-state index contributed by atoms with van der Waals surface area (Å²) in [6.07, 6.45) is 5.31. The lowest BCUT2D eigenvalue weighted by Crippen LogP contribution is -2.52. The molecule has 0 saturated carbocycles. The van der Waals surface area contributed by atoms with Crippen LogP contribution in [0.25, 0.3) is 0 Å². The lowest BCUT2D eigenvalue weighted by Gasteiger charge is -2.48. The van der Waals surface area contributed by atoms with Gasteiger partial charge in [0.25, 0.3) is 0 Å². The third-order valence-corrected chi connectivity index (χ3v) is 5.83. The van der Waals surface area contributed by atoms with E-state index < -0.39 is 0 Å². The molecule has 1 fully saturated rings. The minimum absolute atomic E-state index is 0.130. The molecule has 2 aromatic rings. The fraction of sp³-hybridized carbons (Fsp3) is 0.478. The van der Waals surface area contributed by atoms with Crippen molar-refractivity contribution in [3.8, 4) is 0 Å². The molecule has 26 heavy (non-hydrogen) atoms. The summed E-state index contributed by atoms with van der Waals surface area (Å²) in [5.74, 6) is 0. The molecule has 2 aromatic carbocycles. The number of hydrogen-bond donors (Lipinski definition) is 0. The van der Waals surface area contributed by atoms with E-state index in [1.54, 1.807) is 7.11 Å². The first-order valence-corrected chi connectivity index (χ1v) is 9.84. The Bertz CT molecular complexity index is 717. The second-order valence-corrected chi connectivity index (χ2v) is 7.61. The maximum atomic E-state index is 6.52. The quantitative estimate of drug-likeness (QED) is 0.807. The zero-order valence-electron chi connectivity index (χ0n) is 15.7. The molecule has 4 rings (SSSR count). The van der Waals surface area contributed by atoms with Crippen LogP contribution >= 0.6 is 0 Å². The van der Waals surface area contributed by atoms with E-state index in [0.717, 1.165) is 32.4 Å². The highest BCUT2D eigenvalue weighted by Crippen LogP contribution is 2.42. The summed E-state index contributed by atoms with van der Waals surface area (Å²) in [5, 5.41) is 0. The Morgan fingerprint density at radius 1 is 1.12 bits per heavy atom. The summed E-state index contributed by atoms with van der Waals surface area (Å²) < 4.78 is 12.1. The van der Waals surface area contributed by atoms with E-state index in [2.05, 4.69) is 59.5 Å². The van der Waals surface area contributed by atoms with Crippen molar-refractivity contribution in [2.24, 2.45) is 0 Å². The van der Waals surface area contributed by atoms with Crippen molar-refractivity contribution >= 4 is 0 Å². The van der Waals surface area contributed by atoms with Gasteiger partial charge in [0, 0.05) is 20.1 Å². The maximum absolute atomic E-state index is 6.52. The maximum Gasteiger partial charge on any atom is 0.162 e. The summed E-state index contributed by atoms with van der Waals surface area (Å²) in [6.45, 7) is 3.26. The van der Waals surface area contributed by atoms with Gasteiger partial charge < -0.3 is 14.4 Å². The molecule has 138 valence electrons. The van der Waals surface area contributed by atoms with Crippen molar-refractivity contribution in [1.29, 1.82) is 0 Å². The summed E-state index contributed by atoms with van der Waals surface area (Å²) in [7, 11) is 1.76. The average Bonchev–Trinajstić information content (AvgIpc) is 2.69. The number of likely N-dealkylation sites (tertiary alicyclic amines) is 1. The molecule has 2 atom stereocenters. The van der Waals surface area contributed by atoms with Gasteiger partial charge in [-0.15, -0.1) is 0 Å². The van der Waals surface area contributed by atoms with Gasteiger partial charge >= 0.3 is 0 Å². The number of aryl methyl sites for hydroxylation is 1. The number of nitrogens with zero attached hydrogens (tertiary/aromatic N) is 1. The fourth-order valence-corrected chi connectivity index (χ4v) is 4.58. The Labute approximate surface area is 156 Å². The van der Waals surface area contributed by atoms with Gasteiger partial charge in [0.05, 0.1) is 0 Å². The molecule has 2 aliphatic heterocycles. The van der Waals surface area contributed by atoms with Gasteiger partial charge in [-0.25, -0.2) is 0 Å². The van der Waals surface area contributed by atoms with E-state index in [0.29, 0.717) is 0 Å². The average molecular weight is 351 g/mol. The first-order valence-electron chi connectivity index (χ1n) is 9.84. The van der Waals surface area contributed by atoms with Crippen molar-refractivity contribution in [1.82, 2.24) is 4.90 Å². The largest absolute Gasteiger partial charge is 0.355 e. The van der Waals surface area contributed by atoms with Crippen LogP contribution in [0.3, 0.4) is 0 Å². The third-order valence-electron chi connectivity index (χ3n) is 5.83. The molecular formula is C23H29NO2. The lowest BCUT2D eigenvalue weighted by molar-refractivity contribution is -0.228. The number of methoxy groups -OCH3 is 1. The molecular weight excluding hydrogens is 322 g/mol. The molecule has 0 amide bonds. The predicted molar refractivity (Wildman–Crippen MR) is 104 cm³/mol. The molecule has 0 N–H and O–H groups in total. The van der Waals surface area contributed by atoms with Gasteiger partial charge in [-0.1, -0.05) is 54.6 Å². The SMILES string of the molecule is COC1Cc2ccccc2C2(CCCN(CCCc3ccccc3)C2)O1. The van der Waals surface area contributed by atoms with Gasteiger partial charge in [0.2, 0.25) is 0 Å². The first-order chi connectivity index (χ1) is 12.8. The Balaban J connectivity index is 1.45. The van der Waals surface area contributed by atoms with E-state index >= 15 is 0 Å². The number of hydrogen-bond acceptors (Lipinski definition) is 3. The molecule has 3 heteroatoms. The van der Waals surface area contributed by atoms with E-state index in [1.807, 2.05) is 0 Å². The van der Waals surface area contributed by atoms with E-state index in [9.17, 15) is 0 Å². The number of rotatable bonds is 5. The van der Waals surface area contributed by atoms with Crippen LogP contribution in [0.4, 0.5) is 0 Å². The van der Waals surface area contributed by atoms with Crippen molar-refractivity contribution in [3.05, 3.63) is 71.3 Å². The fourth-order valence-electron chi connectivity index (χ4n) is 4.58. The Morgan fingerprint density at radius 3 is 2.77 bits per heavy atom. The molecule has 2 unspecified atom stereocenters. The van der Waals surface area contributed by atoms with Gasteiger partial charge in [-0.2, -0.15) is 0 Å². The van der Waals surface area contributed by atoms with Crippen LogP contribution in [-0.2, 0) is 27.9 Å². The highest BCUT2D eigenvalue weighted by Gasteiger charge is 2.44. The van der Waals surface area contributed by atoms with Gasteiger partial charge in [-0.3, -0.25) is 0 Å². The van der Waals surface area contributed by atoms with Crippen molar-refractivity contribution < 1.29 is 9.47 Å². The molecule has 2 heterocycles. The summed E-state index contributed by atoms with van der Waals surface area (Å²) >= 11 is 0. The van der Waals surface area contributed by atoms with Gasteiger partial charge in [-0.05, 0) is 55.5 Å². The normalized spacial score (nSPS) is 26.0. The van der Waals surface area contributed by atoms with Crippen LogP contribution in [0.15, 0.2) is 54.6 Å². The molecule has 1 saturated heterocycles. The van der Waals surface area contributed by atoms with Crippen LogP contribution in [0.1, 0.15) is 36.0 Å². The van der Waals surface area contributed by atoms with Crippen LogP contribution in [0.2, 0.25) is 0 Å². The first kappa shape index (κ1) is 17.7. The highest BCUT2D eigenvalue weighted by molar-refractivity contribution is 5.35. The van der Waals surface area contributed by atoms with E-state index in [1.165, 1.54) is 36.1 Å². The number of piperidine rings is 1.